The number of benzene rings is 1. The molecule has 6 heteroatoms. The quantitative estimate of drug-likeness (QED) is 0.880. The van der Waals surface area contributed by atoms with Gasteiger partial charge in [0, 0.05) is 12.6 Å². The van der Waals surface area contributed by atoms with Crippen LogP contribution >= 0.6 is 0 Å². The van der Waals surface area contributed by atoms with Crippen molar-refractivity contribution in [2.75, 3.05) is 19.6 Å². The molecule has 2 heterocycles. The van der Waals surface area contributed by atoms with Crippen molar-refractivity contribution in [1.29, 1.82) is 0 Å². The van der Waals surface area contributed by atoms with Crippen molar-refractivity contribution >= 4 is 5.91 Å². The molecule has 3 rings (SSSR count). The third kappa shape index (κ3) is 4.00. The number of nitrogens with zero attached hydrogens (tertiary/aromatic N) is 4. The Kier molecular flexibility index (Phi) is 5.59. The molecule has 1 aromatic carbocycles. The maximum atomic E-state index is 12.9. The fourth-order valence-electron chi connectivity index (χ4n) is 3.20. The Balaban J connectivity index is 1.70. The van der Waals surface area contributed by atoms with Gasteiger partial charge in [0.1, 0.15) is 0 Å². The van der Waals surface area contributed by atoms with Gasteiger partial charge in [-0.1, -0.05) is 42.5 Å². The van der Waals surface area contributed by atoms with Gasteiger partial charge < -0.3 is 10.2 Å². The summed E-state index contributed by atoms with van der Waals surface area (Å²) in [5.74, 6) is 0.00283. The van der Waals surface area contributed by atoms with Gasteiger partial charge in [0.05, 0.1) is 12.7 Å². The van der Waals surface area contributed by atoms with E-state index in [1.54, 1.807) is 10.9 Å². The first-order chi connectivity index (χ1) is 11.8. The lowest BCUT2D eigenvalue weighted by molar-refractivity contribution is 0.0636. The Morgan fingerprint density at radius 2 is 2.04 bits per heavy atom. The lowest BCUT2D eigenvalue weighted by Crippen LogP contribution is -2.46. The van der Waals surface area contributed by atoms with Gasteiger partial charge in [-0.2, -0.15) is 0 Å². The molecule has 0 unspecified atom stereocenters. The second-order valence-electron chi connectivity index (χ2n) is 6.27. The second kappa shape index (κ2) is 8.06. The van der Waals surface area contributed by atoms with Gasteiger partial charge in [0.2, 0.25) is 0 Å². The molecule has 0 bridgehead atoms. The van der Waals surface area contributed by atoms with Crippen LogP contribution in [0.5, 0.6) is 0 Å². The number of carbonyl (C=O) groups excluding carboxylic acids is 1. The van der Waals surface area contributed by atoms with E-state index in [-0.39, 0.29) is 5.91 Å². The highest BCUT2D eigenvalue weighted by Gasteiger charge is 2.27. The molecule has 24 heavy (non-hydrogen) atoms. The minimum Gasteiger partial charge on any atom is -0.334 e. The molecule has 128 valence electrons. The molecular formula is C18H25N5O. The zero-order chi connectivity index (χ0) is 16.8. The Hall–Kier alpha value is -2.21. The molecule has 2 aromatic rings. The zero-order valence-corrected chi connectivity index (χ0v) is 14.2. The van der Waals surface area contributed by atoms with Crippen LogP contribution in [0.3, 0.4) is 0 Å². The maximum absolute atomic E-state index is 12.9. The lowest BCUT2D eigenvalue weighted by Gasteiger charge is -2.34. The maximum Gasteiger partial charge on any atom is 0.276 e. The summed E-state index contributed by atoms with van der Waals surface area (Å²) in [6, 6.07) is 10.4. The van der Waals surface area contributed by atoms with E-state index >= 15 is 0 Å². The van der Waals surface area contributed by atoms with E-state index in [2.05, 4.69) is 22.6 Å². The molecule has 0 saturated carbocycles. The van der Waals surface area contributed by atoms with Gasteiger partial charge in [-0.05, 0) is 37.9 Å². The number of hydrogen-bond donors (Lipinski definition) is 1. The fraction of sp³-hybridized carbons (Fsp3) is 0.500. The second-order valence-corrected chi connectivity index (χ2v) is 6.27. The predicted molar refractivity (Wildman–Crippen MR) is 92.8 cm³/mol. The highest BCUT2D eigenvalue weighted by atomic mass is 16.2. The molecule has 0 atom stereocenters. The molecule has 0 radical (unpaired) electrons. The first-order valence-corrected chi connectivity index (χ1v) is 8.73. The molecule has 1 N–H and O–H groups in total. The third-order valence-electron chi connectivity index (χ3n) is 4.42. The standard InChI is InChI=1S/C18H25N5O/c1-2-12-23(16-8-10-19-11-9-16)18(24)17-14-22(21-20-17)13-15-6-4-3-5-7-15/h3-7,14,16,19H,2,8-13H2,1H3. The van der Waals surface area contributed by atoms with Crippen LogP contribution in [0, 0.1) is 0 Å². The van der Waals surface area contributed by atoms with Gasteiger partial charge in [-0.25, -0.2) is 4.68 Å². The topological polar surface area (TPSA) is 63.1 Å². The molecule has 1 aromatic heterocycles. The fourth-order valence-corrected chi connectivity index (χ4v) is 3.20. The van der Waals surface area contributed by atoms with Crippen LogP contribution in [0.2, 0.25) is 0 Å². The molecule has 1 fully saturated rings. The van der Waals surface area contributed by atoms with Crippen molar-refractivity contribution in [3.63, 3.8) is 0 Å². The van der Waals surface area contributed by atoms with Crippen molar-refractivity contribution in [3.05, 3.63) is 47.8 Å². The number of rotatable bonds is 6. The molecular weight excluding hydrogens is 302 g/mol. The SMILES string of the molecule is CCCN(C(=O)c1cn(Cc2ccccc2)nn1)C1CCNCC1. The first-order valence-electron chi connectivity index (χ1n) is 8.73. The summed E-state index contributed by atoms with van der Waals surface area (Å²) in [5.41, 5.74) is 1.59. The van der Waals surface area contributed by atoms with E-state index in [1.807, 2.05) is 35.2 Å². The van der Waals surface area contributed by atoms with Gasteiger partial charge in [-0.15, -0.1) is 5.10 Å². The van der Waals surface area contributed by atoms with Crippen LogP contribution in [-0.4, -0.2) is 51.5 Å². The average molecular weight is 327 g/mol. The Morgan fingerprint density at radius 1 is 1.29 bits per heavy atom. The van der Waals surface area contributed by atoms with Crippen LogP contribution in [0.25, 0.3) is 0 Å². The van der Waals surface area contributed by atoms with Crippen molar-refractivity contribution < 1.29 is 4.79 Å². The number of piperidine rings is 1. The van der Waals surface area contributed by atoms with Crippen molar-refractivity contribution in [2.24, 2.45) is 0 Å². The van der Waals surface area contributed by atoms with E-state index in [0.29, 0.717) is 18.3 Å². The van der Waals surface area contributed by atoms with E-state index in [0.717, 1.165) is 44.5 Å². The van der Waals surface area contributed by atoms with Crippen LogP contribution in [0.1, 0.15) is 42.2 Å². The summed E-state index contributed by atoms with van der Waals surface area (Å²) in [5, 5.41) is 11.6. The number of amides is 1. The highest BCUT2D eigenvalue weighted by molar-refractivity contribution is 5.92. The van der Waals surface area contributed by atoms with E-state index < -0.39 is 0 Å². The number of hydrogen-bond acceptors (Lipinski definition) is 4. The summed E-state index contributed by atoms with van der Waals surface area (Å²) in [6.07, 6.45) is 4.72. The Morgan fingerprint density at radius 3 is 2.75 bits per heavy atom. The van der Waals surface area contributed by atoms with Crippen molar-refractivity contribution in [3.8, 4) is 0 Å². The van der Waals surface area contributed by atoms with Crippen LogP contribution in [0.15, 0.2) is 36.5 Å². The summed E-state index contributed by atoms with van der Waals surface area (Å²) in [6.45, 7) is 5.45. The van der Waals surface area contributed by atoms with Crippen LogP contribution < -0.4 is 5.32 Å². The third-order valence-corrected chi connectivity index (χ3v) is 4.42. The molecule has 1 aliphatic heterocycles. The molecule has 6 nitrogen and oxygen atoms in total. The molecule has 1 saturated heterocycles. The van der Waals surface area contributed by atoms with E-state index in [1.165, 1.54) is 0 Å². The number of nitrogens with one attached hydrogen (secondary N) is 1. The molecule has 1 aliphatic rings. The van der Waals surface area contributed by atoms with Crippen LogP contribution in [0.4, 0.5) is 0 Å². The van der Waals surface area contributed by atoms with Gasteiger partial charge in [0.25, 0.3) is 5.91 Å². The zero-order valence-electron chi connectivity index (χ0n) is 14.2. The monoisotopic (exact) mass is 327 g/mol. The minimum absolute atomic E-state index is 0.00283. The Bertz CT molecular complexity index is 648. The molecule has 1 amide bonds. The summed E-state index contributed by atoms with van der Waals surface area (Å²) in [4.78, 5) is 14.9. The van der Waals surface area contributed by atoms with Crippen LogP contribution in [-0.2, 0) is 6.54 Å². The smallest absolute Gasteiger partial charge is 0.276 e. The Labute approximate surface area is 142 Å². The largest absolute Gasteiger partial charge is 0.334 e. The highest BCUT2D eigenvalue weighted by Crippen LogP contribution is 2.15. The summed E-state index contributed by atoms with van der Waals surface area (Å²) < 4.78 is 1.73. The lowest BCUT2D eigenvalue weighted by atomic mass is 10.0. The summed E-state index contributed by atoms with van der Waals surface area (Å²) >= 11 is 0. The van der Waals surface area contributed by atoms with E-state index in [9.17, 15) is 4.79 Å². The van der Waals surface area contributed by atoms with Crippen molar-refractivity contribution in [2.45, 2.75) is 38.8 Å². The minimum atomic E-state index is 0.00283. The summed E-state index contributed by atoms with van der Waals surface area (Å²) in [7, 11) is 0. The van der Waals surface area contributed by atoms with Gasteiger partial charge in [0.15, 0.2) is 5.69 Å². The predicted octanol–water partition coefficient (Wildman–Crippen LogP) is 1.93. The molecule has 0 spiro atoms. The average Bonchev–Trinajstić information content (AvgIpc) is 3.09. The number of carbonyl (C=O) groups is 1. The van der Waals surface area contributed by atoms with E-state index in [4.69, 9.17) is 0 Å². The first kappa shape index (κ1) is 16.6. The van der Waals surface area contributed by atoms with Crippen molar-refractivity contribution in [1.82, 2.24) is 25.2 Å². The molecule has 0 aliphatic carbocycles. The number of aromatic nitrogens is 3. The van der Waals surface area contributed by atoms with Gasteiger partial charge >= 0.3 is 0 Å². The van der Waals surface area contributed by atoms with Gasteiger partial charge in [-0.3, -0.25) is 4.79 Å². The normalized spacial score (nSPS) is 15.4.